The van der Waals surface area contributed by atoms with E-state index in [4.69, 9.17) is 5.11 Å². The van der Waals surface area contributed by atoms with E-state index in [0.717, 1.165) is 27.7 Å². The van der Waals surface area contributed by atoms with Gasteiger partial charge in [-0.3, -0.25) is 4.79 Å². The first kappa shape index (κ1) is 23.4. The molecule has 0 radical (unpaired) electrons. The van der Waals surface area contributed by atoms with Crippen LogP contribution in [0.1, 0.15) is 32.0 Å². The average molecular weight is 439 g/mol. The largest absolute Gasteiger partial charge is 0.481 e. The van der Waals surface area contributed by atoms with E-state index in [1.54, 1.807) is 18.2 Å². The summed E-state index contributed by atoms with van der Waals surface area (Å²) in [7, 11) is 0. The summed E-state index contributed by atoms with van der Waals surface area (Å²) in [5.41, 5.74) is 3.44. The fourth-order valence-electron chi connectivity index (χ4n) is 3.91. The zero-order valence-electron chi connectivity index (χ0n) is 17.9. The fourth-order valence-corrected chi connectivity index (χ4v) is 3.91. The van der Waals surface area contributed by atoms with Gasteiger partial charge in [-0.1, -0.05) is 36.4 Å². The van der Waals surface area contributed by atoms with Crippen LogP contribution in [0.4, 0.5) is 4.39 Å². The zero-order chi connectivity index (χ0) is 23.4. The number of aromatic nitrogens is 1. The fraction of sp³-hybridized carbons (Fsp3) is 0.280. The molecule has 32 heavy (non-hydrogen) atoms. The van der Waals surface area contributed by atoms with E-state index in [-0.39, 0.29) is 24.6 Å². The van der Waals surface area contributed by atoms with E-state index in [0.29, 0.717) is 0 Å². The molecular formula is C25H26FNO5. The summed E-state index contributed by atoms with van der Waals surface area (Å²) in [6, 6.07) is 14.1. The van der Waals surface area contributed by atoms with E-state index in [9.17, 15) is 24.2 Å². The van der Waals surface area contributed by atoms with Gasteiger partial charge in [0.15, 0.2) is 0 Å². The van der Waals surface area contributed by atoms with Gasteiger partial charge in [0.25, 0.3) is 0 Å². The van der Waals surface area contributed by atoms with Crippen LogP contribution in [0.25, 0.3) is 28.1 Å². The minimum Gasteiger partial charge on any atom is -0.481 e. The average Bonchev–Trinajstić information content (AvgIpc) is 3.07. The number of hydrogen-bond donors (Lipinski definition) is 3. The van der Waals surface area contributed by atoms with Crippen LogP contribution in [-0.2, 0) is 9.59 Å². The van der Waals surface area contributed by atoms with Gasteiger partial charge in [-0.15, -0.1) is 0 Å². The molecule has 0 aliphatic rings. The number of carboxylic acid groups (broad SMARTS) is 1. The Morgan fingerprint density at radius 1 is 1.09 bits per heavy atom. The number of aliphatic carboxylic acids is 1. The Kier molecular flexibility index (Phi) is 7.22. The molecule has 1 aromatic heterocycles. The number of para-hydroxylation sites is 1. The van der Waals surface area contributed by atoms with Gasteiger partial charge >= 0.3 is 5.97 Å². The van der Waals surface area contributed by atoms with Gasteiger partial charge < -0.3 is 24.7 Å². The Hall–Kier alpha value is -3.29. The predicted molar refractivity (Wildman–Crippen MR) is 121 cm³/mol. The van der Waals surface area contributed by atoms with Crippen LogP contribution in [0, 0.1) is 11.7 Å². The molecule has 3 atom stereocenters. The van der Waals surface area contributed by atoms with Crippen molar-refractivity contribution in [2.45, 2.75) is 38.5 Å². The lowest BCUT2D eigenvalue weighted by molar-refractivity contribution is -0.148. The van der Waals surface area contributed by atoms with Gasteiger partial charge in [0, 0.05) is 34.6 Å². The van der Waals surface area contributed by atoms with Gasteiger partial charge in [-0.05, 0) is 43.7 Å². The Morgan fingerprint density at radius 3 is 2.34 bits per heavy atom. The Bertz CT molecular complexity index is 1130. The highest BCUT2D eigenvalue weighted by Crippen LogP contribution is 2.38. The van der Waals surface area contributed by atoms with E-state index in [2.05, 4.69) is 4.57 Å². The summed E-state index contributed by atoms with van der Waals surface area (Å²) in [4.78, 5) is 22.0. The number of aldehydes is 1. The molecule has 168 valence electrons. The minimum absolute atomic E-state index is 0.0722. The Labute approximate surface area is 185 Å². The molecule has 3 rings (SSSR count). The molecule has 0 spiro atoms. The van der Waals surface area contributed by atoms with Crippen LogP contribution >= 0.6 is 0 Å². The summed E-state index contributed by atoms with van der Waals surface area (Å²) in [6.07, 6.45) is 0.343. The van der Waals surface area contributed by atoms with Crippen LogP contribution in [-0.4, -0.2) is 44.4 Å². The number of carbonyl (C=O) groups excluding carboxylic acids is 1. The topological polar surface area (TPSA) is 99.8 Å². The first-order valence-corrected chi connectivity index (χ1v) is 10.4. The molecule has 0 saturated carbocycles. The number of benzene rings is 2. The van der Waals surface area contributed by atoms with Gasteiger partial charge in [0.2, 0.25) is 0 Å². The van der Waals surface area contributed by atoms with Gasteiger partial charge in [0.1, 0.15) is 18.0 Å². The summed E-state index contributed by atoms with van der Waals surface area (Å²) >= 11 is 0. The number of nitrogens with zero attached hydrogens (tertiary/aromatic N) is 1. The molecule has 3 aromatic rings. The standard InChI is InChI=1S/C25H26FNO5/c1-15(2)27-21-6-4-3-5-19(21)24(16-7-9-17(26)10-8-16)22(27)12-11-18(29)13-23(30)20(14-28)25(31)32/h3-12,14-15,18,20,23,29-30H,13H2,1-2H3,(H,31,32)/b12-11+/t18-,20?,23-/m1/s1. The van der Waals surface area contributed by atoms with E-state index in [1.807, 2.05) is 38.1 Å². The maximum absolute atomic E-state index is 13.5. The summed E-state index contributed by atoms with van der Waals surface area (Å²) in [6.45, 7) is 4.06. The number of carbonyl (C=O) groups is 2. The lowest BCUT2D eigenvalue weighted by Crippen LogP contribution is -2.32. The predicted octanol–water partition coefficient (Wildman–Crippen LogP) is 4.05. The maximum atomic E-state index is 13.5. The van der Waals surface area contributed by atoms with Gasteiger partial charge in [0.05, 0.1) is 12.2 Å². The van der Waals surface area contributed by atoms with Gasteiger partial charge in [-0.25, -0.2) is 4.39 Å². The van der Waals surface area contributed by atoms with Crippen LogP contribution in [0.3, 0.4) is 0 Å². The number of aliphatic hydroxyl groups excluding tert-OH is 2. The quantitative estimate of drug-likeness (QED) is 0.345. The highest BCUT2D eigenvalue weighted by Gasteiger charge is 2.27. The molecule has 1 unspecified atom stereocenters. The van der Waals surface area contributed by atoms with Crippen molar-refractivity contribution in [3.63, 3.8) is 0 Å². The first-order chi connectivity index (χ1) is 15.2. The molecule has 6 nitrogen and oxygen atoms in total. The minimum atomic E-state index is -1.60. The summed E-state index contributed by atoms with van der Waals surface area (Å²) < 4.78 is 15.6. The maximum Gasteiger partial charge on any atom is 0.316 e. The highest BCUT2D eigenvalue weighted by molar-refractivity contribution is 6.01. The first-order valence-electron chi connectivity index (χ1n) is 10.4. The second-order valence-electron chi connectivity index (χ2n) is 7.98. The van der Waals surface area contributed by atoms with Crippen molar-refractivity contribution in [1.82, 2.24) is 4.57 Å². The molecule has 0 fully saturated rings. The Balaban J connectivity index is 2.06. The van der Waals surface area contributed by atoms with E-state index < -0.39 is 24.1 Å². The third-order valence-corrected chi connectivity index (χ3v) is 5.40. The lowest BCUT2D eigenvalue weighted by Gasteiger charge is -2.17. The smallest absolute Gasteiger partial charge is 0.316 e. The third-order valence-electron chi connectivity index (χ3n) is 5.40. The van der Waals surface area contributed by atoms with Crippen molar-refractivity contribution >= 4 is 29.2 Å². The van der Waals surface area contributed by atoms with Crippen LogP contribution in [0.5, 0.6) is 0 Å². The summed E-state index contributed by atoms with van der Waals surface area (Å²) in [5.74, 6) is -3.39. The Morgan fingerprint density at radius 2 is 1.75 bits per heavy atom. The van der Waals surface area contributed by atoms with Gasteiger partial charge in [-0.2, -0.15) is 0 Å². The van der Waals surface area contributed by atoms with Crippen LogP contribution < -0.4 is 0 Å². The van der Waals surface area contributed by atoms with Crippen LogP contribution in [0.15, 0.2) is 54.6 Å². The van der Waals surface area contributed by atoms with E-state index in [1.165, 1.54) is 18.2 Å². The van der Waals surface area contributed by atoms with Crippen molar-refractivity contribution in [3.8, 4) is 11.1 Å². The van der Waals surface area contributed by atoms with Crippen LogP contribution in [0.2, 0.25) is 0 Å². The monoisotopic (exact) mass is 439 g/mol. The number of aliphatic hydroxyl groups is 2. The lowest BCUT2D eigenvalue weighted by atomic mass is 9.98. The molecule has 3 N–H and O–H groups in total. The van der Waals surface area contributed by atoms with Crippen molar-refractivity contribution in [2.75, 3.05) is 0 Å². The SMILES string of the molecule is CC(C)n1c(/C=C/[C@@H](O)C[C@@H](O)C(C=O)C(=O)O)c(-c2ccc(F)cc2)c2ccccc21. The second-order valence-corrected chi connectivity index (χ2v) is 7.98. The zero-order valence-corrected chi connectivity index (χ0v) is 17.9. The molecule has 0 aliphatic heterocycles. The normalized spacial score (nSPS) is 14.7. The number of rotatable bonds is 9. The molecule has 0 saturated heterocycles. The van der Waals surface area contributed by atoms with Crippen molar-refractivity contribution < 1.29 is 29.3 Å². The molecule has 1 heterocycles. The molecule has 0 aliphatic carbocycles. The number of hydrogen-bond acceptors (Lipinski definition) is 4. The molecule has 0 bridgehead atoms. The van der Waals surface area contributed by atoms with Crippen molar-refractivity contribution in [1.29, 1.82) is 0 Å². The highest BCUT2D eigenvalue weighted by atomic mass is 19.1. The molecule has 7 heteroatoms. The number of fused-ring (bicyclic) bond motifs is 1. The number of halogens is 1. The second kappa shape index (κ2) is 9.89. The van der Waals surface area contributed by atoms with E-state index >= 15 is 0 Å². The van der Waals surface area contributed by atoms with Crippen molar-refractivity contribution in [2.24, 2.45) is 5.92 Å². The van der Waals surface area contributed by atoms with Crippen molar-refractivity contribution in [3.05, 3.63) is 66.1 Å². The molecule has 0 amide bonds. The molecule has 2 aromatic carbocycles. The third kappa shape index (κ3) is 4.79. The summed E-state index contributed by atoms with van der Waals surface area (Å²) in [5, 5.41) is 30.4. The number of carboxylic acids is 1. The molecular weight excluding hydrogens is 413 g/mol.